The number of hydrogen-bond acceptors (Lipinski definition) is 2. The number of aryl methyl sites for hydroxylation is 1. The van der Waals surface area contributed by atoms with Gasteiger partial charge in [-0.15, -0.1) is 0 Å². The van der Waals surface area contributed by atoms with Gasteiger partial charge in [-0.25, -0.2) is 0 Å². The van der Waals surface area contributed by atoms with Crippen molar-refractivity contribution in [3.63, 3.8) is 0 Å². The number of hydrogen-bond donors (Lipinski definition) is 1. The van der Waals surface area contributed by atoms with E-state index in [1.807, 2.05) is 67.9 Å². The highest BCUT2D eigenvalue weighted by Crippen LogP contribution is 2.16. The summed E-state index contributed by atoms with van der Waals surface area (Å²) < 4.78 is 2.03. The van der Waals surface area contributed by atoms with Crippen molar-refractivity contribution in [3.8, 4) is 6.07 Å². The van der Waals surface area contributed by atoms with E-state index < -0.39 is 0 Å². The van der Waals surface area contributed by atoms with E-state index in [4.69, 9.17) is 0 Å². The molecule has 1 aromatic carbocycles. The summed E-state index contributed by atoms with van der Waals surface area (Å²) in [4.78, 5) is 12.1. The molecule has 0 atom stereocenters. The van der Waals surface area contributed by atoms with Gasteiger partial charge in [-0.05, 0) is 37.1 Å². The Kier molecular flexibility index (Phi) is 4.80. The average molecular weight is 293 g/mol. The summed E-state index contributed by atoms with van der Waals surface area (Å²) >= 11 is 0. The first kappa shape index (κ1) is 15.6. The van der Waals surface area contributed by atoms with Crippen LogP contribution in [0.25, 0.3) is 6.08 Å². The van der Waals surface area contributed by atoms with Crippen molar-refractivity contribution < 1.29 is 4.79 Å². The molecule has 0 aliphatic heterocycles. The first-order valence-electron chi connectivity index (χ1n) is 7.09. The Labute approximate surface area is 130 Å². The Morgan fingerprint density at radius 2 is 2.00 bits per heavy atom. The van der Waals surface area contributed by atoms with Gasteiger partial charge in [0.1, 0.15) is 11.6 Å². The molecule has 0 aliphatic rings. The van der Waals surface area contributed by atoms with Crippen LogP contribution >= 0.6 is 0 Å². The fraction of sp³-hybridized carbons (Fsp3) is 0.222. The summed E-state index contributed by atoms with van der Waals surface area (Å²) in [7, 11) is 1.96. The summed E-state index contributed by atoms with van der Waals surface area (Å²) in [6.45, 7) is 4.37. The van der Waals surface area contributed by atoms with Crippen LogP contribution in [0.1, 0.15) is 22.5 Å². The summed E-state index contributed by atoms with van der Waals surface area (Å²) in [5, 5.41) is 12.0. The lowest BCUT2D eigenvalue weighted by molar-refractivity contribution is -0.117. The molecule has 0 saturated carbocycles. The minimum atomic E-state index is -0.354. The van der Waals surface area contributed by atoms with E-state index in [2.05, 4.69) is 5.32 Å². The van der Waals surface area contributed by atoms with Crippen LogP contribution in [0.5, 0.6) is 0 Å². The Morgan fingerprint density at radius 3 is 2.55 bits per heavy atom. The zero-order valence-electron chi connectivity index (χ0n) is 13.1. The van der Waals surface area contributed by atoms with Crippen LogP contribution in [0.3, 0.4) is 0 Å². The number of carbonyl (C=O) groups excluding carboxylic acids is 1. The molecule has 0 fully saturated rings. The second-order valence-electron chi connectivity index (χ2n) is 5.22. The Morgan fingerprint density at radius 1 is 1.32 bits per heavy atom. The highest BCUT2D eigenvalue weighted by Gasteiger charge is 2.11. The zero-order valence-corrected chi connectivity index (χ0v) is 13.1. The predicted molar refractivity (Wildman–Crippen MR) is 86.8 cm³/mol. The normalized spacial score (nSPS) is 11.1. The van der Waals surface area contributed by atoms with Crippen LogP contribution in [0.4, 0.5) is 0 Å². The van der Waals surface area contributed by atoms with Crippen LogP contribution in [0, 0.1) is 25.2 Å². The number of benzene rings is 1. The minimum absolute atomic E-state index is 0.115. The fourth-order valence-electron chi connectivity index (χ4n) is 2.21. The topological polar surface area (TPSA) is 57.8 Å². The molecule has 2 rings (SSSR count). The molecule has 1 aromatic heterocycles. The summed E-state index contributed by atoms with van der Waals surface area (Å²) in [6.07, 6.45) is 1.64. The SMILES string of the molecule is Cc1cc(/C=C(\C#N)C(=O)NCc2ccccc2)c(C)n1C. The standard InChI is InChI=1S/C18H19N3O/c1-13-9-16(14(2)21(13)3)10-17(11-19)18(22)20-12-15-7-5-4-6-8-15/h4-10H,12H2,1-3H3,(H,20,22)/b17-10+. The lowest BCUT2D eigenvalue weighted by atomic mass is 10.1. The summed E-state index contributed by atoms with van der Waals surface area (Å²) in [5.74, 6) is -0.354. The average Bonchev–Trinajstić information content (AvgIpc) is 2.78. The van der Waals surface area contributed by atoms with Gasteiger partial charge in [0.25, 0.3) is 5.91 Å². The Bertz CT molecular complexity index is 749. The highest BCUT2D eigenvalue weighted by atomic mass is 16.1. The van der Waals surface area contributed by atoms with Gasteiger partial charge < -0.3 is 9.88 Å². The molecule has 1 N–H and O–H groups in total. The number of nitriles is 1. The van der Waals surface area contributed by atoms with E-state index in [-0.39, 0.29) is 11.5 Å². The van der Waals surface area contributed by atoms with Crippen molar-refractivity contribution >= 4 is 12.0 Å². The molecule has 1 heterocycles. The van der Waals surface area contributed by atoms with Gasteiger partial charge in [0.2, 0.25) is 0 Å². The minimum Gasteiger partial charge on any atom is -0.352 e. The molecule has 0 radical (unpaired) electrons. The van der Waals surface area contributed by atoms with Crippen LogP contribution < -0.4 is 5.32 Å². The lowest BCUT2D eigenvalue weighted by Crippen LogP contribution is -2.23. The van der Waals surface area contributed by atoms with E-state index in [1.165, 1.54) is 0 Å². The number of carbonyl (C=O) groups is 1. The second kappa shape index (κ2) is 6.77. The maximum atomic E-state index is 12.1. The molecule has 0 saturated heterocycles. The van der Waals surface area contributed by atoms with Crippen LogP contribution in [0.2, 0.25) is 0 Å². The van der Waals surface area contributed by atoms with E-state index >= 15 is 0 Å². The van der Waals surface area contributed by atoms with Gasteiger partial charge in [0.05, 0.1) is 0 Å². The van der Waals surface area contributed by atoms with Crippen molar-refractivity contribution in [2.24, 2.45) is 7.05 Å². The van der Waals surface area contributed by atoms with E-state index in [1.54, 1.807) is 6.08 Å². The summed E-state index contributed by atoms with van der Waals surface area (Å²) in [6, 6.07) is 13.6. The number of nitrogens with one attached hydrogen (secondary N) is 1. The second-order valence-corrected chi connectivity index (χ2v) is 5.22. The Balaban J connectivity index is 2.14. The number of amides is 1. The largest absolute Gasteiger partial charge is 0.352 e. The molecule has 0 spiro atoms. The molecule has 22 heavy (non-hydrogen) atoms. The predicted octanol–water partition coefficient (Wildman–Crippen LogP) is 2.87. The number of nitrogens with zero attached hydrogens (tertiary/aromatic N) is 2. The van der Waals surface area contributed by atoms with Crippen LogP contribution in [-0.2, 0) is 18.4 Å². The molecule has 2 aromatic rings. The van der Waals surface area contributed by atoms with Gasteiger partial charge >= 0.3 is 0 Å². The third-order valence-corrected chi connectivity index (χ3v) is 3.78. The number of rotatable bonds is 4. The summed E-state index contributed by atoms with van der Waals surface area (Å²) in [5.41, 5.74) is 4.13. The number of aromatic nitrogens is 1. The molecule has 1 amide bonds. The Hall–Kier alpha value is -2.80. The molecule has 4 heteroatoms. The van der Waals surface area contributed by atoms with Crippen molar-refractivity contribution in [1.29, 1.82) is 5.26 Å². The van der Waals surface area contributed by atoms with Crippen molar-refractivity contribution in [2.45, 2.75) is 20.4 Å². The van der Waals surface area contributed by atoms with Gasteiger partial charge in [0.15, 0.2) is 0 Å². The lowest BCUT2D eigenvalue weighted by Gasteiger charge is -2.04. The van der Waals surface area contributed by atoms with E-state index in [0.29, 0.717) is 6.54 Å². The van der Waals surface area contributed by atoms with Gasteiger partial charge in [0, 0.05) is 25.0 Å². The van der Waals surface area contributed by atoms with E-state index in [0.717, 1.165) is 22.5 Å². The molecular weight excluding hydrogens is 274 g/mol. The molecule has 0 bridgehead atoms. The fourth-order valence-corrected chi connectivity index (χ4v) is 2.21. The van der Waals surface area contributed by atoms with Gasteiger partial charge in [-0.1, -0.05) is 30.3 Å². The van der Waals surface area contributed by atoms with Crippen molar-refractivity contribution in [1.82, 2.24) is 9.88 Å². The van der Waals surface area contributed by atoms with Crippen molar-refractivity contribution in [3.05, 3.63) is 64.5 Å². The monoisotopic (exact) mass is 293 g/mol. The molecule has 0 unspecified atom stereocenters. The van der Waals surface area contributed by atoms with Gasteiger partial charge in [-0.3, -0.25) is 4.79 Å². The maximum Gasteiger partial charge on any atom is 0.262 e. The first-order chi connectivity index (χ1) is 10.5. The third kappa shape index (κ3) is 3.44. The molecular formula is C18H19N3O. The van der Waals surface area contributed by atoms with Crippen LogP contribution in [0.15, 0.2) is 42.0 Å². The molecule has 4 nitrogen and oxygen atoms in total. The first-order valence-corrected chi connectivity index (χ1v) is 7.09. The van der Waals surface area contributed by atoms with Crippen LogP contribution in [-0.4, -0.2) is 10.5 Å². The van der Waals surface area contributed by atoms with E-state index in [9.17, 15) is 10.1 Å². The quantitative estimate of drug-likeness (QED) is 0.696. The zero-order chi connectivity index (χ0) is 16.1. The highest BCUT2D eigenvalue weighted by molar-refractivity contribution is 6.01. The van der Waals surface area contributed by atoms with Crippen molar-refractivity contribution in [2.75, 3.05) is 0 Å². The smallest absolute Gasteiger partial charge is 0.262 e. The van der Waals surface area contributed by atoms with Gasteiger partial charge in [-0.2, -0.15) is 5.26 Å². The maximum absolute atomic E-state index is 12.1. The molecule has 0 aliphatic carbocycles. The molecule has 112 valence electrons. The third-order valence-electron chi connectivity index (χ3n) is 3.78.